The fourth-order valence-electron chi connectivity index (χ4n) is 2.68. The van der Waals surface area contributed by atoms with E-state index in [-0.39, 0.29) is 5.91 Å². The number of nitrogens with zero attached hydrogens (tertiary/aromatic N) is 3. The summed E-state index contributed by atoms with van der Waals surface area (Å²) in [4.78, 5) is 23.5. The molecule has 1 N–H and O–H groups in total. The van der Waals surface area contributed by atoms with E-state index in [9.17, 15) is 4.79 Å². The zero-order valence-corrected chi connectivity index (χ0v) is 15.1. The maximum Gasteiger partial charge on any atom is 0.274 e. The number of amides is 1. The molecule has 0 atom stereocenters. The van der Waals surface area contributed by atoms with Crippen molar-refractivity contribution in [3.05, 3.63) is 35.7 Å². The van der Waals surface area contributed by atoms with Crippen LogP contribution in [-0.2, 0) is 4.74 Å². The zero-order chi connectivity index (χ0) is 18.5. The van der Waals surface area contributed by atoms with E-state index >= 15 is 0 Å². The summed E-state index contributed by atoms with van der Waals surface area (Å²) >= 11 is 0. The third-order valence-corrected chi connectivity index (χ3v) is 4.01. The minimum Gasteiger partial charge on any atom is -0.493 e. The molecule has 1 amide bonds. The van der Waals surface area contributed by atoms with Gasteiger partial charge in [-0.3, -0.25) is 4.79 Å². The fraction of sp³-hybridized carbons (Fsp3) is 0.389. The number of anilines is 2. The molecule has 1 aliphatic heterocycles. The quantitative estimate of drug-likeness (QED) is 0.873. The Morgan fingerprint density at radius 3 is 2.54 bits per heavy atom. The summed E-state index contributed by atoms with van der Waals surface area (Å²) in [7, 11) is 3.11. The van der Waals surface area contributed by atoms with Gasteiger partial charge in [0, 0.05) is 30.5 Å². The second-order valence-corrected chi connectivity index (χ2v) is 5.82. The maximum absolute atomic E-state index is 12.6. The van der Waals surface area contributed by atoms with Crippen LogP contribution in [0.4, 0.5) is 11.6 Å². The molecule has 1 aromatic carbocycles. The predicted octanol–water partition coefficient (Wildman–Crippen LogP) is 1.89. The Labute approximate surface area is 152 Å². The third-order valence-electron chi connectivity index (χ3n) is 4.01. The summed E-state index contributed by atoms with van der Waals surface area (Å²) in [5, 5.41) is 2.83. The Morgan fingerprint density at radius 1 is 1.12 bits per heavy atom. The lowest BCUT2D eigenvalue weighted by molar-refractivity contribution is 0.102. The maximum atomic E-state index is 12.6. The molecule has 2 aromatic rings. The van der Waals surface area contributed by atoms with Crippen LogP contribution in [0.5, 0.6) is 11.5 Å². The van der Waals surface area contributed by atoms with E-state index < -0.39 is 0 Å². The summed E-state index contributed by atoms with van der Waals surface area (Å²) in [6.07, 6.45) is 0. The van der Waals surface area contributed by atoms with E-state index in [1.165, 1.54) is 0 Å². The molecular formula is C18H22N4O4. The van der Waals surface area contributed by atoms with Crippen molar-refractivity contribution in [3.63, 3.8) is 0 Å². The number of ether oxygens (including phenoxy) is 3. The molecule has 1 aliphatic rings. The number of benzene rings is 1. The topological polar surface area (TPSA) is 85.8 Å². The van der Waals surface area contributed by atoms with Gasteiger partial charge in [0.05, 0.1) is 27.4 Å². The number of methoxy groups -OCH3 is 2. The molecule has 0 radical (unpaired) electrons. The number of hydrogen-bond acceptors (Lipinski definition) is 7. The van der Waals surface area contributed by atoms with E-state index in [0.717, 1.165) is 5.69 Å². The van der Waals surface area contributed by atoms with Gasteiger partial charge in [-0.25, -0.2) is 9.97 Å². The van der Waals surface area contributed by atoms with Crippen LogP contribution in [0, 0.1) is 6.92 Å². The van der Waals surface area contributed by atoms with E-state index in [4.69, 9.17) is 14.2 Å². The average Bonchev–Trinajstić information content (AvgIpc) is 2.68. The first kappa shape index (κ1) is 17.9. The van der Waals surface area contributed by atoms with Crippen molar-refractivity contribution in [2.45, 2.75) is 6.92 Å². The lowest BCUT2D eigenvalue weighted by Crippen LogP contribution is -2.37. The smallest absolute Gasteiger partial charge is 0.274 e. The molecule has 0 saturated carbocycles. The molecule has 1 aromatic heterocycles. The van der Waals surface area contributed by atoms with Crippen molar-refractivity contribution >= 4 is 17.5 Å². The first-order valence-corrected chi connectivity index (χ1v) is 8.32. The van der Waals surface area contributed by atoms with Crippen LogP contribution in [0.3, 0.4) is 0 Å². The Morgan fingerprint density at radius 2 is 1.85 bits per heavy atom. The van der Waals surface area contributed by atoms with Gasteiger partial charge in [0.25, 0.3) is 5.91 Å². The van der Waals surface area contributed by atoms with Gasteiger partial charge < -0.3 is 24.4 Å². The standard InChI is InChI=1S/C18H22N4O4/c1-12-10-14(21-18(19-12)22-6-8-26-9-7-22)17(23)20-13-4-5-15(24-2)16(11-13)25-3/h4-5,10-11H,6-9H2,1-3H3,(H,20,23). The highest BCUT2D eigenvalue weighted by Crippen LogP contribution is 2.29. The van der Waals surface area contributed by atoms with Crippen molar-refractivity contribution in [1.29, 1.82) is 0 Å². The van der Waals surface area contributed by atoms with E-state index in [2.05, 4.69) is 15.3 Å². The van der Waals surface area contributed by atoms with Crippen LogP contribution in [0.2, 0.25) is 0 Å². The Balaban J connectivity index is 1.80. The van der Waals surface area contributed by atoms with Crippen molar-refractivity contribution in [1.82, 2.24) is 9.97 Å². The Hall–Kier alpha value is -2.87. The second kappa shape index (κ2) is 8.01. The van der Waals surface area contributed by atoms with Crippen molar-refractivity contribution in [2.75, 3.05) is 50.7 Å². The molecule has 0 aliphatic carbocycles. The fourth-order valence-corrected chi connectivity index (χ4v) is 2.68. The lowest BCUT2D eigenvalue weighted by atomic mass is 10.2. The molecule has 1 fully saturated rings. The summed E-state index contributed by atoms with van der Waals surface area (Å²) < 4.78 is 15.8. The highest BCUT2D eigenvalue weighted by molar-refractivity contribution is 6.03. The van der Waals surface area contributed by atoms with Crippen LogP contribution in [0.1, 0.15) is 16.2 Å². The average molecular weight is 358 g/mol. The highest BCUT2D eigenvalue weighted by atomic mass is 16.5. The van der Waals surface area contributed by atoms with Crippen molar-refractivity contribution in [3.8, 4) is 11.5 Å². The van der Waals surface area contributed by atoms with Gasteiger partial charge in [0.2, 0.25) is 5.95 Å². The number of carbonyl (C=O) groups excluding carboxylic acids is 1. The molecule has 3 rings (SSSR count). The van der Waals surface area contributed by atoms with E-state index in [0.29, 0.717) is 55.1 Å². The molecule has 1 saturated heterocycles. The van der Waals surface area contributed by atoms with Gasteiger partial charge in [-0.2, -0.15) is 0 Å². The van der Waals surface area contributed by atoms with Gasteiger partial charge >= 0.3 is 0 Å². The van der Waals surface area contributed by atoms with E-state index in [1.807, 2.05) is 11.8 Å². The zero-order valence-electron chi connectivity index (χ0n) is 15.1. The van der Waals surface area contributed by atoms with Crippen LogP contribution >= 0.6 is 0 Å². The second-order valence-electron chi connectivity index (χ2n) is 5.82. The molecule has 0 unspecified atom stereocenters. The summed E-state index contributed by atoms with van der Waals surface area (Å²) in [5.74, 6) is 1.37. The normalized spacial score (nSPS) is 14.0. The third kappa shape index (κ3) is 4.02. The molecule has 8 nitrogen and oxygen atoms in total. The molecular weight excluding hydrogens is 336 g/mol. The van der Waals surface area contributed by atoms with E-state index in [1.54, 1.807) is 38.5 Å². The summed E-state index contributed by atoms with van der Waals surface area (Å²) in [6.45, 7) is 4.52. The van der Waals surface area contributed by atoms with Gasteiger partial charge in [-0.05, 0) is 25.1 Å². The van der Waals surface area contributed by atoms with Crippen LogP contribution in [0.15, 0.2) is 24.3 Å². The SMILES string of the molecule is COc1ccc(NC(=O)c2cc(C)nc(N3CCOCC3)n2)cc1OC. The lowest BCUT2D eigenvalue weighted by Gasteiger charge is -2.27. The number of aromatic nitrogens is 2. The van der Waals surface area contributed by atoms with Crippen molar-refractivity contribution in [2.24, 2.45) is 0 Å². The van der Waals surface area contributed by atoms with Crippen LogP contribution in [0.25, 0.3) is 0 Å². The van der Waals surface area contributed by atoms with Crippen LogP contribution < -0.4 is 19.7 Å². The Kier molecular flexibility index (Phi) is 5.52. The molecule has 26 heavy (non-hydrogen) atoms. The Bertz CT molecular complexity index is 791. The first-order chi connectivity index (χ1) is 12.6. The summed E-state index contributed by atoms with van der Waals surface area (Å²) in [6, 6.07) is 6.85. The minimum absolute atomic E-state index is 0.308. The number of aryl methyl sites for hydroxylation is 1. The summed E-state index contributed by atoms with van der Waals surface area (Å²) in [5.41, 5.74) is 1.64. The molecule has 8 heteroatoms. The molecule has 0 spiro atoms. The number of carbonyl (C=O) groups is 1. The largest absolute Gasteiger partial charge is 0.493 e. The van der Waals surface area contributed by atoms with Gasteiger partial charge in [-0.1, -0.05) is 0 Å². The predicted molar refractivity (Wildman–Crippen MR) is 97.3 cm³/mol. The van der Waals surface area contributed by atoms with Gasteiger partial charge in [0.1, 0.15) is 5.69 Å². The van der Waals surface area contributed by atoms with Gasteiger partial charge in [-0.15, -0.1) is 0 Å². The van der Waals surface area contributed by atoms with Gasteiger partial charge in [0.15, 0.2) is 11.5 Å². The highest BCUT2D eigenvalue weighted by Gasteiger charge is 2.18. The first-order valence-electron chi connectivity index (χ1n) is 8.32. The number of rotatable bonds is 5. The van der Waals surface area contributed by atoms with Crippen molar-refractivity contribution < 1.29 is 19.0 Å². The minimum atomic E-state index is -0.308. The number of morpholine rings is 1. The van der Waals surface area contributed by atoms with Crippen LogP contribution in [-0.4, -0.2) is 56.4 Å². The monoisotopic (exact) mass is 358 g/mol. The number of hydrogen-bond donors (Lipinski definition) is 1. The number of nitrogens with one attached hydrogen (secondary N) is 1. The molecule has 2 heterocycles. The molecule has 0 bridgehead atoms. The molecule has 138 valence electrons.